The van der Waals surface area contributed by atoms with E-state index in [9.17, 15) is 0 Å². The summed E-state index contributed by atoms with van der Waals surface area (Å²) in [5.41, 5.74) is 17.3. The Bertz CT molecular complexity index is 1240. The van der Waals surface area contributed by atoms with Crippen molar-refractivity contribution in [1.29, 1.82) is 0 Å². The van der Waals surface area contributed by atoms with Gasteiger partial charge in [0.05, 0.1) is 0 Å². The van der Waals surface area contributed by atoms with E-state index in [1.165, 1.54) is 90.1 Å². The molecular weight excluding hydrogens is 579 g/mol. The first kappa shape index (κ1) is 51.2. The Balaban J connectivity index is -0.000000256. The van der Waals surface area contributed by atoms with Gasteiger partial charge in [-0.25, -0.2) is 0 Å². The minimum atomic E-state index is 1.08. The summed E-state index contributed by atoms with van der Waals surface area (Å²) in [6.07, 6.45) is 13.1. The van der Waals surface area contributed by atoms with E-state index < -0.39 is 0 Å². The summed E-state index contributed by atoms with van der Waals surface area (Å²) < 4.78 is 0. The van der Waals surface area contributed by atoms with Crippen LogP contribution in [0.25, 0.3) is 11.1 Å². The molecule has 1 nitrogen and oxygen atoms in total. The predicted octanol–water partition coefficient (Wildman–Crippen LogP) is 14.8. The average Bonchev–Trinajstić information content (AvgIpc) is 3.10. The Morgan fingerprint density at radius 1 is 0.688 bits per heavy atom. The smallest absolute Gasteiger partial charge is 0.0156 e. The molecule has 0 spiro atoms. The highest BCUT2D eigenvalue weighted by Gasteiger charge is 2.03. The number of nitrogens with two attached hydrogens (primary N) is 1. The highest BCUT2D eigenvalue weighted by Crippen LogP contribution is 2.24. The van der Waals surface area contributed by atoms with Gasteiger partial charge in [0.15, 0.2) is 0 Å². The van der Waals surface area contributed by atoms with Crippen LogP contribution in [0.3, 0.4) is 0 Å². The number of hydrogen-bond acceptors (Lipinski definition) is 1. The molecule has 0 radical (unpaired) electrons. The van der Waals surface area contributed by atoms with Crippen LogP contribution < -0.4 is 5.73 Å². The summed E-state index contributed by atoms with van der Waals surface area (Å²) in [4.78, 5) is 0. The maximum Gasteiger partial charge on any atom is -0.0156 e. The lowest BCUT2D eigenvalue weighted by molar-refractivity contribution is 0.702. The van der Waals surface area contributed by atoms with Crippen molar-refractivity contribution < 1.29 is 0 Å². The number of hydrogen-bond donors (Lipinski definition) is 1. The molecule has 1 heteroatoms. The standard InChI is InChI=1S/C13H16.C11H14.C10H14.C6H14.C4H8.C2H4.CH5N/c1-5-12(10(2)3)13-9-7-6-8-11(13)4;1-8(2)11-6-5-9(3)10(4)7-11;1-3-4-10-7-5-9(2)6-8-10;1-3-5-6-4-2;1-3-4-2;2*1-2/h5-9H,2H2,1,3-4H3;5-7H,1H2,2-4H3;5-8H,3-4H2,1-2H3;3-6H2,1-2H3;3H,1,4H2,2H3;1-2H2;2H2,1H3/b12-5-;;;;;;. The molecule has 0 bridgehead atoms. The molecule has 0 amide bonds. The quantitative estimate of drug-likeness (QED) is 0.139. The van der Waals surface area contributed by atoms with Gasteiger partial charge < -0.3 is 5.73 Å². The normalized spacial score (nSPS) is 9.23. The zero-order chi connectivity index (χ0) is 37.9. The third kappa shape index (κ3) is 27.4. The second-order valence-electron chi connectivity index (χ2n) is 11.5. The van der Waals surface area contributed by atoms with Crippen LogP contribution in [0.1, 0.15) is 126 Å². The van der Waals surface area contributed by atoms with Gasteiger partial charge in [0.25, 0.3) is 0 Å². The zero-order valence-corrected chi connectivity index (χ0v) is 33.6. The second kappa shape index (κ2) is 36.2. The van der Waals surface area contributed by atoms with Crippen LogP contribution >= 0.6 is 0 Å². The molecular formula is C47H75N. The van der Waals surface area contributed by atoms with Crippen LogP contribution in [0, 0.1) is 27.7 Å². The van der Waals surface area contributed by atoms with Gasteiger partial charge in [0.1, 0.15) is 0 Å². The topological polar surface area (TPSA) is 26.0 Å². The van der Waals surface area contributed by atoms with Crippen molar-refractivity contribution in [3.8, 4) is 0 Å². The summed E-state index contributed by atoms with van der Waals surface area (Å²) in [7, 11) is 1.50. The summed E-state index contributed by atoms with van der Waals surface area (Å²) in [5, 5.41) is 0. The van der Waals surface area contributed by atoms with Crippen LogP contribution in [0.5, 0.6) is 0 Å². The largest absolute Gasteiger partial charge is 0.333 e. The lowest BCUT2D eigenvalue weighted by Gasteiger charge is -2.09. The van der Waals surface area contributed by atoms with Gasteiger partial charge in [0, 0.05) is 0 Å². The molecule has 0 aliphatic rings. The molecule has 2 N–H and O–H groups in total. The monoisotopic (exact) mass is 654 g/mol. The van der Waals surface area contributed by atoms with E-state index in [1.807, 2.05) is 19.9 Å². The van der Waals surface area contributed by atoms with E-state index in [2.05, 4.69) is 174 Å². The number of allylic oxidation sites excluding steroid dienone is 5. The Hall–Kier alpha value is -3.68. The predicted molar refractivity (Wildman–Crippen MR) is 227 cm³/mol. The van der Waals surface area contributed by atoms with Gasteiger partial charge in [-0.05, 0) is 107 Å². The molecule has 0 saturated heterocycles. The van der Waals surface area contributed by atoms with Gasteiger partial charge in [0.2, 0.25) is 0 Å². The van der Waals surface area contributed by atoms with E-state index >= 15 is 0 Å². The molecule has 268 valence electrons. The molecule has 3 aromatic carbocycles. The Morgan fingerprint density at radius 3 is 1.54 bits per heavy atom. The van der Waals surface area contributed by atoms with E-state index in [0.29, 0.717) is 0 Å². The van der Waals surface area contributed by atoms with Crippen LogP contribution in [-0.4, -0.2) is 7.05 Å². The maximum absolute atomic E-state index is 4.50. The third-order valence-corrected chi connectivity index (χ3v) is 7.09. The van der Waals surface area contributed by atoms with Crippen molar-refractivity contribution in [3.05, 3.63) is 156 Å². The van der Waals surface area contributed by atoms with Crippen LogP contribution in [-0.2, 0) is 6.42 Å². The summed E-state index contributed by atoms with van der Waals surface area (Å²) in [5.74, 6) is 0. The first-order valence-electron chi connectivity index (χ1n) is 17.8. The van der Waals surface area contributed by atoms with E-state index in [-0.39, 0.29) is 0 Å². The van der Waals surface area contributed by atoms with E-state index in [0.717, 1.165) is 17.6 Å². The van der Waals surface area contributed by atoms with Gasteiger partial charge in [-0.15, -0.1) is 19.7 Å². The Kier molecular flexibility index (Phi) is 38.5. The molecule has 0 fully saturated rings. The lowest BCUT2D eigenvalue weighted by atomic mass is 9.96. The lowest BCUT2D eigenvalue weighted by Crippen LogP contribution is -1.88. The van der Waals surface area contributed by atoms with Gasteiger partial charge in [-0.3, -0.25) is 0 Å². The van der Waals surface area contributed by atoms with Crippen molar-refractivity contribution in [2.45, 2.75) is 121 Å². The average molecular weight is 654 g/mol. The van der Waals surface area contributed by atoms with Crippen molar-refractivity contribution >= 4 is 11.1 Å². The molecule has 0 aliphatic heterocycles. The fraction of sp³-hybridized carbons (Fsp3) is 0.404. The first-order chi connectivity index (χ1) is 22.9. The highest BCUT2D eigenvalue weighted by atomic mass is 14.4. The molecule has 3 rings (SSSR count). The minimum Gasteiger partial charge on any atom is -0.333 e. The number of benzene rings is 3. The van der Waals surface area contributed by atoms with Gasteiger partial charge in [-0.2, -0.15) is 0 Å². The third-order valence-electron chi connectivity index (χ3n) is 7.09. The molecule has 0 atom stereocenters. The fourth-order valence-corrected chi connectivity index (χ4v) is 4.06. The zero-order valence-electron chi connectivity index (χ0n) is 33.6. The fourth-order valence-electron chi connectivity index (χ4n) is 4.06. The number of rotatable bonds is 9. The van der Waals surface area contributed by atoms with Gasteiger partial charge in [-0.1, -0.05) is 169 Å². The van der Waals surface area contributed by atoms with Crippen molar-refractivity contribution in [1.82, 2.24) is 0 Å². The van der Waals surface area contributed by atoms with Crippen LogP contribution in [0.2, 0.25) is 0 Å². The van der Waals surface area contributed by atoms with Crippen molar-refractivity contribution in [3.63, 3.8) is 0 Å². The van der Waals surface area contributed by atoms with E-state index in [4.69, 9.17) is 0 Å². The SMILES string of the molecule is C=C.C=C(C)/C(=C/C)c1ccccc1C.C=C(C)c1ccc(C)c(C)c1.C=CCC.CCCCCC.CCCc1ccc(C)cc1.CN. The van der Waals surface area contributed by atoms with Crippen molar-refractivity contribution in [2.24, 2.45) is 5.73 Å². The first-order valence-corrected chi connectivity index (χ1v) is 17.8. The van der Waals surface area contributed by atoms with E-state index in [1.54, 1.807) is 0 Å². The summed E-state index contributed by atoms with van der Waals surface area (Å²) in [6, 6.07) is 23.6. The van der Waals surface area contributed by atoms with Crippen LogP contribution in [0.15, 0.2) is 117 Å². The summed E-state index contributed by atoms with van der Waals surface area (Å²) in [6.45, 7) is 40.7. The number of aryl methyl sites for hydroxylation is 5. The Labute approximate surface area is 300 Å². The molecule has 0 saturated carbocycles. The number of unbranched alkanes of at least 4 members (excludes halogenated alkanes) is 3. The maximum atomic E-state index is 4.50. The molecule has 0 unspecified atom stereocenters. The molecule has 48 heavy (non-hydrogen) atoms. The molecule has 0 heterocycles. The molecule has 3 aromatic rings. The molecule has 0 aliphatic carbocycles. The Morgan fingerprint density at radius 2 is 1.19 bits per heavy atom. The second-order valence-corrected chi connectivity index (χ2v) is 11.5. The highest BCUT2D eigenvalue weighted by molar-refractivity contribution is 5.79. The van der Waals surface area contributed by atoms with Crippen molar-refractivity contribution in [2.75, 3.05) is 7.05 Å². The minimum absolute atomic E-state index is 1.08. The summed E-state index contributed by atoms with van der Waals surface area (Å²) >= 11 is 0. The van der Waals surface area contributed by atoms with Gasteiger partial charge >= 0.3 is 0 Å². The molecule has 0 aromatic heterocycles. The van der Waals surface area contributed by atoms with Crippen LogP contribution in [0.4, 0.5) is 0 Å².